The predicted molar refractivity (Wildman–Crippen MR) is 105 cm³/mol. The number of pyridine rings is 1. The Kier molecular flexibility index (Phi) is 5.01. The molecule has 6 heteroatoms. The molecule has 4 heterocycles. The fourth-order valence-electron chi connectivity index (χ4n) is 5.08. The van der Waals surface area contributed by atoms with Crippen molar-refractivity contribution < 1.29 is 19.4 Å². The summed E-state index contributed by atoms with van der Waals surface area (Å²) in [5, 5.41) is 10.2. The molecule has 1 aromatic rings. The minimum absolute atomic E-state index is 0.0178. The minimum atomic E-state index is -0.551. The highest BCUT2D eigenvalue weighted by atomic mass is 16.6. The molecule has 3 atom stereocenters. The largest absolute Gasteiger partial charge is 0.390 e. The number of carbonyl (C=O) groups excluding carboxylic acids is 1. The molecule has 3 aliphatic heterocycles. The summed E-state index contributed by atoms with van der Waals surface area (Å²) in [7, 11) is 0. The van der Waals surface area contributed by atoms with Crippen LogP contribution < -0.4 is 0 Å². The van der Waals surface area contributed by atoms with Gasteiger partial charge in [-0.3, -0.25) is 9.78 Å². The summed E-state index contributed by atoms with van der Waals surface area (Å²) in [6.07, 6.45) is 5.67. The van der Waals surface area contributed by atoms with Crippen LogP contribution in [-0.4, -0.2) is 64.0 Å². The Morgan fingerprint density at radius 3 is 2.61 bits per heavy atom. The average molecular weight is 389 g/mol. The van der Waals surface area contributed by atoms with E-state index in [9.17, 15) is 9.90 Å². The van der Waals surface area contributed by atoms with E-state index in [1.54, 1.807) is 12.3 Å². The molecule has 1 N–H and O–H groups in total. The van der Waals surface area contributed by atoms with Crippen molar-refractivity contribution in [2.24, 2.45) is 5.41 Å². The summed E-state index contributed by atoms with van der Waals surface area (Å²) in [5.74, 6) is 0.0178. The van der Waals surface area contributed by atoms with E-state index in [0.717, 1.165) is 51.8 Å². The van der Waals surface area contributed by atoms with Gasteiger partial charge in [0.05, 0.1) is 30.0 Å². The average Bonchev–Trinajstić information content (AvgIpc) is 3.10. The zero-order valence-corrected chi connectivity index (χ0v) is 17.2. The maximum absolute atomic E-state index is 12.7. The topological polar surface area (TPSA) is 71.9 Å². The Balaban J connectivity index is 1.38. The van der Waals surface area contributed by atoms with Gasteiger partial charge in [0.25, 0.3) is 5.91 Å². The van der Waals surface area contributed by atoms with Crippen molar-refractivity contribution in [1.29, 1.82) is 0 Å². The summed E-state index contributed by atoms with van der Waals surface area (Å²) in [6.45, 7) is 8.26. The van der Waals surface area contributed by atoms with E-state index < -0.39 is 11.7 Å². The lowest BCUT2D eigenvalue weighted by atomic mass is 9.73. The van der Waals surface area contributed by atoms with Crippen LogP contribution >= 0.6 is 0 Å². The Hall–Kier alpha value is -1.50. The molecular formula is C22H32N2O4. The summed E-state index contributed by atoms with van der Waals surface area (Å²) in [5.41, 5.74) is -0.279. The Labute approximate surface area is 167 Å². The van der Waals surface area contributed by atoms with Crippen molar-refractivity contribution in [1.82, 2.24) is 9.88 Å². The van der Waals surface area contributed by atoms with E-state index in [4.69, 9.17) is 9.47 Å². The fraction of sp³-hybridized carbons (Fsp3) is 0.727. The molecule has 0 radical (unpaired) electrons. The SMILES string of the molecule is CC1(C)O[C@@](C)([C@H]2CC3(CCN(C(=O)c4ccccn4)CC3)CO2)CC[C@@H]1O. The second kappa shape index (κ2) is 7.08. The van der Waals surface area contributed by atoms with Crippen LogP contribution in [0, 0.1) is 5.41 Å². The van der Waals surface area contributed by atoms with Crippen molar-refractivity contribution in [3.8, 4) is 0 Å². The molecule has 3 aliphatic rings. The standard InChI is InChI=1S/C22H32N2O4/c1-20(2)17(25)7-8-21(3,28-20)18-14-22(15-27-18)9-12-24(13-10-22)19(26)16-6-4-5-11-23-16/h4-6,11,17-18,25H,7-10,12-15H2,1-3H3/t17-,18+,21+/m0/s1. The van der Waals surface area contributed by atoms with Crippen LogP contribution in [0.2, 0.25) is 0 Å². The Morgan fingerprint density at radius 1 is 1.21 bits per heavy atom. The molecule has 0 saturated carbocycles. The van der Waals surface area contributed by atoms with Gasteiger partial charge >= 0.3 is 0 Å². The molecule has 3 saturated heterocycles. The molecular weight excluding hydrogens is 356 g/mol. The van der Waals surface area contributed by atoms with E-state index in [-0.39, 0.29) is 23.0 Å². The zero-order valence-electron chi connectivity index (χ0n) is 17.2. The highest BCUT2D eigenvalue weighted by molar-refractivity contribution is 5.92. The predicted octanol–water partition coefficient (Wildman–Crippen LogP) is 2.80. The smallest absolute Gasteiger partial charge is 0.272 e. The number of aromatic nitrogens is 1. The van der Waals surface area contributed by atoms with E-state index in [1.165, 1.54) is 0 Å². The third-order valence-electron chi connectivity index (χ3n) is 7.10. The van der Waals surface area contributed by atoms with E-state index in [0.29, 0.717) is 5.69 Å². The maximum atomic E-state index is 12.7. The Bertz CT molecular complexity index is 715. The lowest BCUT2D eigenvalue weighted by Crippen LogP contribution is -2.56. The Morgan fingerprint density at radius 2 is 1.96 bits per heavy atom. The van der Waals surface area contributed by atoms with Crippen molar-refractivity contribution in [3.05, 3.63) is 30.1 Å². The first-order chi connectivity index (χ1) is 13.2. The van der Waals surface area contributed by atoms with Crippen LogP contribution in [0.5, 0.6) is 0 Å². The first-order valence-electron chi connectivity index (χ1n) is 10.4. The van der Waals surface area contributed by atoms with Crippen LogP contribution in [0.4, 0.5) is 0 Å². The van der Waals surface area contributed by atoms with Gasteiger partial charge in [0.2, 0.25) is 0 Å². The number of hydrogen-bond donors (Lipinski definition) is 1. The van der Waals surface area contributed by atoms with Gasteiger partial charge in [0.1, 0.15) is 5.69 Å². The van der Waals surface area contributed by atoms with Gasteiger partial charge in [-0.25, -0.2) is 0 Å². The van der Waals surface area contributed by atoms with Crippen LogP contribution in [0.1, 0.15) is 63.4 Å². The molecule has 154 valence electrons. The first-order valence-corrected chi connectivity index (χ1v) is 10.4. The molecule has 28 heavy (non-hydrogen) atoms. The number of aliphatic hydroxyl groups excluding tert-OH is 1. The third kappa shape index (κ3) is 3.58. The van der Waals surface area contributed by atoms with Crippen LogP contribution in [0.15, 0.2) is 24.4 Å². The zero-order chi connectivity index (χ0) is 20.0. The van der Waals surface area contributed by atoms with E-state index in [2.05, 4.69) is 11.9 Å². The van der Waals surface area contributed by atoms with Crippen molar-refractivity contribution >= 4 is 5.91 Å². The molecule has 1 amide bonds. The highest BCUT2D eigenvalue weighted by Crippen LogP contribution is 2.49. The van der Waals surface area contributed by atoms with Gasteiger partial charge in [-0.1, -0.05) is 6.07 Å². The third-order valence-corrected chi connectivity index (χ3v) is 7.10. The van der Waals surface area contributed by atoms with Crippen LogP contribution in [0.3, 0.4) is 0 Å². The summed E-state index contributed by atoms with van der Waals surface area (Å²) >= 11 is 0. The van der Waals surface area contributed by atoms with Crippen LogP contribution in [-0.2, 0) is 9.47 Å². The van der Waals surface area contributed by atoms with Crippen molar-refractivity contribution in [2.45, 2.75) is 76.3 Å². The number of amides is 1. The molecule has 0 aliphatic carbocycles. The maximum Gasteiger partial charge on any atom is 0.272 e. The van der Waals surface area contributed by atoms with Gasteiger partial charge in [0.15, 0.2) is 0 Å². The number of nitrogens with zero attached hydrogens (tertiary/aromatic N) is 2. The van der Waals surface area contributed by atoms with Crippen LogP contribution in [0.25, 0.3) is 0 Å². The van der Waals surface area contributed by atoms with Gasteiger partial charge in [0, 0.05) is 19.3 Å². The molecule has 0 aromatic carbocycles. The molecule has 0 unspecified atom stereocenters. The lowest BCUT2D eigenvalue weighted by molar-refractivity contribution is -0.245. The molecule has 6 nitrogen and oxygen atoms in total. The van der Waals surface area contributed by atoms with Gasteiger partial charge < -0.3 is 19.5 Å². The number of likely N-dealkylation sites (tertiary alicyclic amines) is 1. The van der Waals surface area contributed by atoms with E-state index in [1.807, 2.05) is 30.9 Å². The summed E-state index contributed by atoms with van der Waals surface area (Å²) in [4.78, 5) is 18.8. The number of hydrogen-bond acceptors (Lipinski definition) is 5. The van der Waals surface area contributed by atoms with Gasteiger partial charge in [-0.05, 0) is 70.4 Å². The number of rotatable bonds is 2. The molecule has 0 bridgehead atoms. The second-order valence-electron chi connectivity index (χ2n) is 9.58. The number of ether oxygens (including phenoxy) is 2. The number of aliphatic hydroxyl groups is 1. The van der Waals surface area contributed by atoms with Crippen molar-refractivity contribution in [2.75, 3.05) is 19.7 Å². The summed E-state index contributed by atoms with van der Waals surface area (Å²) < 4.78 is 12.6. The first kappa shape index (κ1) is 19.8. The normalized spacial score (nSPS) is 34.5. The number of piperidine rings is 1. The quantitative estimate of drug-likeness (QED) is 0.843. The fourth-order valence-corrected chi connectivity index (χ4v) is 5.08. The second-order valence-corrected chi connectivity index (χ2v) is 9.58. The van der Waals surface area contributed by atoms with Gasteiger partial charge in [-0.15, -0.1) is 0 Å². The summed E-state index contributed by atoms with van der Waals surface area (Å²) in [6, 6.07) is 5.45. The highest BCUT2D eigenvalue weighted by Gasteiger charge is 2.53. The van der Waals surface area contributed by atoms with Gasteiger partial charge in [-0.2, -0.15) is 0 Å². The monoisotopic (exact) mass is 388 g/mol. The van der Waals surface area contributed by atoms with E-state index >= 15 is 0 Å². The lowest BCUT2D eigenvalue weighted by Gasteiger charge is -2.48. The van der Waals surface area contributed by atoms with Crippen molar-refractivity contribution in [3.63, 3.8) is 0 Å². The molecule has 3 fully saturated rings. The number of carbonyl (C=O) groups is 1. The molecule has 1 spiro atoms. The minimum Gasteiger partial charge on any atom is -0.390 e. The molecule has 1 aromatic heterocycles. The molecule has 4 rings (SSSR count).